The summed E-state index contributed by atoms with van der Waals surface area (Å²) in [5.74, 6) is -2.35. The van der Waals surface area contributed by atoms with Crippen molar-refractivity contribution < 1.29 is 28.6 Å². The van der Waals surface area contributed by atoms with E-state index in [0.717, 1.165) is 0 Å². The molecule has 3 rings (SSSR count). The van der Waals surface area contributed by atoms with E-state index in [1.807, 2.05) is 0 Å². The summed E-state index contributed by atoms with van der Waals surface area (Å²) in [6.07, 6.45) is 1.16. The Labute approximate surface area is 180 Å². The Kier molecular flexibility index (Phi) is 5.92. The van der Waals surface area contributed by atoms with Gasteiger partial charge >= 0.3 is 17.9 Å². The molecule has 0 fully saturated rings. The van der Waals surface area contributed by atoms with Gasteiger partial charge in [-0.15, -0.1) is 6.58 Å². The fraction of sp³-hybridized carbons (Fsp3) is 0.348. The molecule has 0 aromatic heterocycles. The molecule has 1 aromatic carbocycles. The van der Waals surface area contributed by atoms with Crippen LogP contribution in [-0.2, 0) is 34.0 Å². The third-order valence-electron chi connectivity index (χ3n) is 5.14. The zero-order valence-corrected chi connectivity index (χ0v) is 18.1. The van der Waals surface area contributed by atoms with Gasteiger partial charge in [-0.1, -0.05) is 24.3 Å². The number of ether oxygens (including phenoxy) is 3. The molecule has 2 aliphatic rings. The molecule has 0 saturated heterocycles. The predicted molar refractivity (Wildman–Crippen MR) is 114 cm³/mol. The highest BCUT2D eigenvalue weighted by Gasteiger charge is 2.63. The fourth-order valence-corrected chi connectivity index (χ4v) is 4.08. The van der Waals surface area contributed by atoms with E-state index < -0.39 is 29.4 Å². The van der Waals surface area contributed by atoms with Gasteiger partial charge in [-0.3, -0.25) is 0 Å². The Morgan fingerprint density at radius 3 is 2.55 bits per heavy atom. The highest BCUT2D eigenvalue weighted by atomic mass is 16.6. The molecule has 2 aliphatic heterocycles. The standard InChI is InChI=1S/C23H26N2O6/c1-6-12-25-16-11-9-8-10-15(16)23(18(19(25)24)20(26)29-7-2)17(14(5)31-22(23)28)21(27)30-13(3)4/h6,8-11,13H,1,7,12,24H2,2-5H3/t23-/m0/s1. The van der Waals surface area contributed by atoms with Gasteiger partial charge in [0.15, 0.2) is 5.41 Å². The van der Waals surface area contributed by atoms with Gasteiger partial charge in [0.25, 0.3) is 0 Å². The number of allylic oxidation sites excluding steroid dienone is 1. The van der Waals surface area contributed by atoms with Crippen LogP contribution in [0.1, 0.15) is 33.3 Å². The van der Waals surface area contributed by atoms with Gasteiger partial charge in [-0.2, -0.15) is 0 Å². The topological polar surface area (TPSA) is 108 Å². The number of nitrogens with zero attached hydrogens (tertiary/aromatic N) is 1. The van der Waals surface area contributed by atoms with Crippen LogP contribution in [-0.4, -0.2) is 37.2 Å². The van der Waals surface area contributed by atoms with Crippen LogP contribution in [0.25, 0.3) is 0 Å². The second-order valence-electron chi connectivity index (χ2n) is 7.42. The molecule has 0 radical (unpaired) electrons. The first-order chi connectivity index (χ1) is 14.7. The van der Waals surface area contributed by atoms with Crippen molar-refractivity contribution in [3.63, 3.8) is 0 Å². The summed E-state index contributed by atoms with van der Waals surface area (Å²) >= 11 is 0. The molecule has 164 valence electrons. The molecule has 1 spiro atoms. The van der Waals surface area contributed by atoms with Crippen LogP contribution in [0, 0.1) is 0 Å². The van der Waals surface area contributed by atoms with E-state index in [2.05, 4.69) is 6.58 Å². The van der Waals surface area contributed by atoms with Crippen LogP contribution < -0.4 is 10.6 Å². The molecule has 2 N–H and O–H groups in total. The minimum atomic E-state index is -1.90. The Balaban J connectivity index is 2.43. The number of nitrogens with two attached hydrogens (primary N) is 1. The Hall–Kier alpha value is -3.55. The first kappa shape index (κ1) is 22.1. The second-order valence-corrected chi connectivity index (χ2v) is 7.42. The monoisotopic (exact) mass is 426 g/mol. The van der Waals surface area contributed by atoms with Gasteiger partial charge in [0.1, 0.15) is 22.7 Å². The molecule has 0 aliphatic carbocycles. The molecular formula is C23H26N2O6. The lowest BCUT2D eigenvalue weighted by molar-refractivity contribution is -0.148. The Morgan fingerprint density at radius 1 is 1.26 bits per heavy atom. The van der Waals surface area contributed by atoms with Crippen LogP contribution in [0.5, 0.6) is 0 Å². The average Bonchev–Trinajstić information content (AvgIpc) is 2.95. The number of para-hydroxylation sites is 1. The number of hydrogen-bond acceptors (Lipinski definition) is 8. The number of fused-ring (bicyclic) bond motifs is 2. The lowest BCUT2D eigenvalue weighted by Crippen LogP contribution is -2.50. The largest absolute Gasteiger partial charge is 0.462 e. The minimum absolute atomic E-state index is 0.0152. The third kappa shape index (κ3) is 3.28. The van der Waals surface area contributed by atoms with Crippen molar-refractivity contribution >= 4 is 23.6 Å². The van der Waals surface area contributed by atoms with Gasteiger partial charge < -0.3 is 24.8 Å². The van der Waals surface area contributed by atoms with Gasteiger partial charge in [0.05, 0.1) is 12.7 Å². The van der Waals surface area contributed by atoms with E-state index in [1.54, 1.807) is 56.0 Å². The van der Waals surface area contributed by atoms with Gasteiger partial charge in [-0.25, -0.2) is 14.4 Å². The van der Waals surface area contributed by atoms with Crippen molar-refractivity contribution in [1.82, 2.24) is 0 Å². The molecule has 1 aromatic rings. The summed E-state index contributed by atoms with van der Waals surface area (Å²) in [5.41, 5.74) is 5.23. The molecule has 31 heavy (non-hydrogen) atoms. The summed E-state index contributed by atoms with van der Waals surface area (Å²) in [6, 6.07) is 6.90. The van der Waals surface area contributed by atoms with E-state index in [0.29, 0.717) is 11.3 Å². The van der Waals surface area contributed by atoms with Crippen LogP contribution in [0.2, 0.25) is 0 Å². The third-order valence-corrected chi connectivity index (χ3v) is 5.14. The normalized spacial score (nSPS) is 20.2. The van der Waals surface area contributed by atoms with E-state index in [-0.39, 0.29) is 35.9 Å². The molecule has 0 saturated carbocycles. The van der Waals surface area contributed by atoms with Gasteiger partial charge in [-0.05, 0) is 33.8 Å². The van der Waals surface area contributed by atoms with Crippen LogP contribution >= 0.6 is 0 Å². The van der Waals surface area contributed by atoms with Crippen molar-refractivity contribution in [2.24, 2.45) is 5.73 Å². The van der Waals surface area contributed by atoms with E-state index in [9.17, 15) is 14.4 Å². The summed E-state index contributed by atoms with van der Waals surface area (Å²) in [4.78, 5) is 41.4. The summed E-state index contributed by atoms with van der Waals surface area (Å²) in [7, 11) is 0. The number of esters is 3. The smallest absolute Gasteiger partial charge is 0.339 e. The van der Waals surface area contributed by atoms with Crippen molar-refractivity contribution in [3.05, 3.63) is 65.2 Å². The molecule has 0 unspecified atom stereocenters. The average molecular weight is 426 g/mol. The highest BCUT2D eigenvalue weighted by molar-refractivity contribution is 6.16. The first-order valence-corrected chi connectivity index (χ1v) is 10.0. The lowest BCUT2D eigenvalue weighted by Gasteiger charge is -2.41. The summed E-state index contributed by atoms with van der Waals surface area (Å²) in [6.45, 7) is 10.6. The number of rotatable bonds is 6. The van der Waals surface area contributed by atoms with Crippen LogP contribution in [0.4, 0.5) is 5.69 Å². The molecule has 0 amide bonds. The maximum atomic E-state index is 13.4. The van der Waals surface area contributed by atoms with Crippen molar-refractivity contribution in [2.75, 3.05) is 18.1 Å². The Bertz CT molecular complexity index is 1020. The van der Waals surface area contributed by atoms with E-state index >= 15 is 0 Å². The molecule has 8 nitrogen and oxygen atoms in total. The number of benzene rings is 1. The van der Waals surface area contributed by atoms with E-state index in [4.69, 9.17) is 19.9 Å². The quantitative estimate of drug-likeness (QED) is 0.420. The maximum absolute atomic E-state index is 13.4. The van der Waals surface area contributed by atoms with Gasteiger partial charge in [0, 0.05) is 17.8 Å². The number of anilines is 1. The number of carbonyl (C=O) groups is 3. The predicted octanol–water partition coefficient (Wildman–Crippen LogP) is 2.45. The van der Waals surface area contributed by atoms with Crippen molar-refractivity contribution in [2.45, 2.75) is 39.2 Å². The maximum Gasteiger partial charge on any atom is 0.339 e. The zero-order valence-electron chi connectivity index (χ0n) is 18.1. The van der Waals surface area contributed by atoms with Crippen LogP contribution in [0.3, 0.4) is 0 Å². The molecule has 0 bridgehead atoms. The Morgan fingerprint density at radius 2 is 1.94 bits per heavy atom. The van der Waals surface area contributed by atoms with Crippen molar-refractivity contribution in [1.29, 1.82) is 0 Å². The summed E-state index contributed by atoms with van der Waals surface area (Å²) < 4.78 is 16.1. The second kappa shape index (κ2) is 8.29. The van der Waals surface area contributed by atoms with E-state index in [1.165, 1.54) is 6.92 Å². The number of hydrogen-bond donors (Lipinski definition) is 1. The van der Waals surface area contributed by atoms with Gasteiger partial charge in [0.2, 0.25) is 0 Å². The number of carbonyl (C=O) groups excluding carboxylic acids is 3. The van der Waals surface area contributed by atoms with Crippen molar-refractivity contribution in [3.8, 4) is 0 Å². The lowest BCUT2D eigenvalue weighted by atomic mass is 9.66. The molecule has 2 heterocycles. The van der Waals surface area contributed by atoms with Crippen LogP contribution in [0.15, 0.2) is 59.6 Å². The molecular weight excluding hydrogens is 400 g/mol. The fourth-order valence-electron chi connectivity index (χ4n) is 4.08. The number of cyclic esters (lactones) is 1. The first-order valence-electron chi connectivity index (χ1n) is 10.0. The summed E-state index contributed by atoms with van der Waals surface area (Å²) in [5, 5.41) is 0. The molecule has 1 atom stereocenters. The highest BCUT2D eigenvalue weighted by Crippen LogP contribution is 2.54. The SMILES string of the molecule is C=CCN1C(N)=C(C(=O)OCC)[C@]2(C(=O)OC(C)=C2C(=O)OC(C)C)c2ccccc21. The minimum Gasteiger partial charge on any atom is -0.462 e. The molecule has 8 heteroatoms. The zero-order chi connectivity index (χ0) is 22.9.